The number of aromatic amines is 1. The van der Waals surface area contributed by atoms with Crippen molar-refractivity contribution in [2.75, 3.05) is 31.1 Å². The number of piperazine rings is 1. The lowest BCUT2D eigenvalue weighted by Crippen LogP contribution is -2.49. The van der Waals surface area contributed by atoms with Crippen molar-refractivity contribution in [3.8, 4) is 11.5 Å². The molecule has 11 heteroatoms. The molecule has 0 radical (unpaired) electrons. The van der Waals surface area contributed by atoms with E-state index in [2.05, 4.69) is 30.0 Å². The highest BCUT2D eigenvalue weighted by Crippen LogP contribution is 2.35. The van der Waals surface area contributed by atoms with Crippen molar-refractivity contribution in [2.45, 2.75) is 25.1 Å². The van der Waals surface area contributed by atoms with Gasteiger partial charge in [-0.05, 0) is 37.0 Å². The summed E-state index contributed by atoms with van der Waals surface area (Å²) < 4.78 is 41.1. The van der Waals surface area contributed by atoms with Crippen molar-refractivity contribution in [3.05, 3.63) is 60.3 Å². The van der Waals surface area contributed by atoms with Gasteiger partial charge in [0.2, 0.25) is 0 Å². The zero-order valence-corrected chi connectivity index (χ0v) is 18.3. The lowest BCUT2D eigenvalue weighted by molar-refractivity contribution is -0.137. The molecule has 6 rings (SSSR count). The maximum Gasteiger partial charge on any atom is 0.417 e. The monoisotopic (exact) mass is 468 g/mol. The van der Waals surface area contributed by atoms with Gasteiger partial charge in [0.25, 0.3) is 0 Å². The number of halogens is 3. The minimum atomic E-state index is -4.44. The van der Waals surface area contributed by atoms with Gasteiger partial charge in [-0.3, -0.25) is 14.4 Å². The number of aromatic nitrogens is 6. The number of hydrogen-bond donors (Lipinski definition) is 1. The van der Waals surface area contributed by atoms with E-state index in [9.17, 15) is 13.2 Å². The number of rotatable bonds is 5. The molecule has 1 unspecified atom stereocenters. The predicted molar refractivity (Wildman–Crippen MR) is 119 cm³/mol. The van der Waals surface area contributed by atoms with Gasteiger partial charge in [-0.25, -0.2) is 15.0 Å². The molecular formula is C23H23F3N8. The van der Waals surface area contributed by atoms with E-state index in [1.807, 2.05) is 18.5 Å². The molecule has 0 aromatic carbocycles. The number of alkyl halides is 3. The molecular weight excluding hydrogens is 445 g/mol. The van der Waals surface area contributed by atoms with Crippen molar-refractivity contribution in [1.29, 1.82) is 0 Å². The number of nitrogens with one attached hydrogen (secondary N) is 1. The van der Waals surface area contributed by atoms with E-state index in [-0.39, 0.29) is 6.04 Å². The highest BCUT2D eigenvalue weighted by molar-refractivity contribution is 5.59. The molecule has 0 bridgehead atoms. The van der Waals surface area contributed by atoms with Crippen LogP contribution < -0.4 is 4.90 Å². The zero-order chi connectivity index (χ0) is 23.3. The summed E-state index contributed by atoms with van der Waals surface area (Å²) in [5.41, 5.74) is 1.22. The molecule has 1 atom stereocenters. The summed E-state index contributed by atoms with van der Waals surface area (Å²) in [5.74, 6) is 1.86. The summed E-state index contributed by atoms with van der Waals surface area (Å²) >= 11 is 0. The molecule has 2 aliphatic rings. The van der Waals surface area contributed by atoms with Gasteiger partial charge >= 0.3 is 6.18 Å². The normalized spacial score (nSPS) is 19.7. The Labute approximate surface area is 193 Å². The van der Waals surface area contributed by atoms with Gasteiger partial charge in [0.15, 0.2) is 5.82 Å². The maximum absolute atomic E-state index is 13.2. The Morgan fingerprint density at radius 2 is 1.94 bits per heavy atom. The summed E-state index contributed by atoms with van der Waals surface area (Å²) in [7, 11) is 0. The fraction of sp³-hybridized carbons (Fsp3) is 0.391. The van der Waals surface area contributed by atoms with Crippen molar-refractivity contribution in [2.24, 2.45) is 5.92 Å². The van der Waals surface area contributed by atoms with Crippen LogP contribution in [-0.2, 0) is 6.18 Å². The van der Waals surface area contributed by atoms with Gasteiger partial charge in [0, 0.05) is 50.3 Å². The zero-order valence-electron chi connectivity index (χ0n) is 18.3. The number of fused-ring (bicyclic) bond motifs is 1. The van der Waals surface area contributed by atoms with Crippen LogP contribution in [0.1, 0.15) is 30.0 Å². The van der Waals surface area contributed by atoms with E-state index < -0.39 is 11.7 Å². The van der Waals surface area contributed by atoms with Crippen LogP contribution in [0.2, 0.25) is 0 Å². The van der Waals surface area contributed by atoms with E-state index in [4.69, 9.17) is 4.98 Å². The Hall–Kier alpha value is -3.47. The second-order valence-corrected chi connectivity index (χ2v) is 8.96. The van der Waals surface area contributed by atoms with Gasteiger partial charge in [0.1, 0.15) is 17.2 Å². The van der Waals surface area contributed by atoms with Crippen LogP contribution in [0.15, 0.2) is 49.2 Å². The average molecular weight is 468 g/mol. The van der Waals surface area contributed by atoms with Crippen LogP contribution in [0.3, 0.4) is 0 Å². The second-order valence-electron chi connectivity index (χ2n) is 8.96. The quantitative estimate of drug-likeness (QED) is 0.480. The van der Waals surface area contributed by atoms with Gasteiger partial charge in [-0.15, -0.1) is 0 Å². The first-order chi connectivity index (χ1) is 16.5. The van der Waals surface area contributed by atoms with E-state index in [0.29, 0.717) is 17.2 Å². The molecule has 1 N–H and O–H groups in total. The largest absolute Gasteiger partial charge is 0.417 e. The Bertz CT molecular complexity index is 1300. The molecule has 1 saturated carbocycles. The average Bonchev–Trinajstić information content (AvgIpc) is 3.31. The molecule has 2 fully saturated rings. The van der Waals surface area contributed by atoms with Gasteiger partial charge < -0.3 is 4.90 Å². The molecule has 176 valence electrons. The third-order valence-electron chi connectivity index (χ3n) is 6.61. The Morgan fingerprint density at radius 1 is 1.06 bits per heavy atom. The van der Waals surface area contributed by atoms with Crippen molar-refractivity contribution >= 4 is 11.5 Å². The van der Waals surface area contributed by atoms with E-state index >= 15 is 0 Å². The van der Waals surface area contributed by atoms with Gasteiger partial charge in [0.05, 0.1) is 24.0 Å². The number of pyridine rings is 1. The summed E-state index contributed by atoms with van der Waals surface area (Å²) in [4.78, 5) is 18.0. The number of hydrogen-bond acceptors (Lipinski definition) is 6. The Balaban J connectivity index is 1.30. The highest BCUT2D eigenvalue weighted by Gasteiger charge is 2.34. The van der Waals surface area contributed by atoms with Crippen LogP contribution >= 0.6 is 0 Å². The topological polar surface area (TPSA) is 78.2 Å². The van der Waals surface area contributed by atoms with Gasteiger partial charge in [-0.2, -0.15) is 18.3 Å². The SMILES string of the molecule is FC(F)(F)c1ccc2ncc(-c3nccc(N4CCN(CC5CC5)C(c5cn[nH]c5)C4)n3)n2c1. The smallest absolute Gasteiger partial charge is 0.353 e. The molecule has 0 amide bonds. The number of imidazole rings is 1. The van der Waals surface area contributed by atoms with Crippen LogP contribution in [0.25, 0.3) is 17.2 Å². The molecule has 34 heavy (non-hydrogen) atoms. The minimum absolute atomic E-state index is 0.191. The standard InChI is InChI=1S/C23H23F3N8/c24-23(25,26)17-3-4-20-28-11-18(34(20)13-17)22-27-6-5-21(31-22)33-8-7-32(12-15-1-2-15)19(14-33)16-9-29-30-10-16/h3-6,9-11,13,15,19H,1-2,7-8,12,14H2,(H,29,30). The van der Waals surface area contributed by atoms with Crippen molar-refractivity contribution in [1.82, 2.24) is 34.4 Å². The van der Waals surface area contributed by atoms with Crippen LogP contribution in [-0.4, -0.2) is 60.6 Å². The molecule has 1 saturated heterocycles. The minimum Gasteiger partial charge on any atom is -0.353 e. The number of anilines is 1. The molecule has 4 aromatic rings. The lowest BCUT2D eigenvalue weighted by atomic mass is 10.1. The van der Waals surface area contributed by atoms with E-state index in [0.717, 1.165) is 55.7 Å². The van der Waals surface area contributed by atoms with E-state index in [1.165, 1.54) is 29.5 Å². The first-order valence-electron chi connectivity index (χ1n) is 11.3. The third-order valence-corrected chi connectivity index (χ3v) is 6.61. The summed E-state index contributed by atoms with van der Waals surface area (Å²) in [6.07, 6.45) is 6.16. The van der Waals surface area contributed by atoms with Crippen LogP contribution in [0.5, 0.6) is 0 Å². The second kappa shape index (κ2) is 8.08. The number of nitrogens with zero attached hydrogens (tertiary/aromatic N) is 7. The van der Waals surface area contributed by atoms with Crippen LogP contribution in [0.4, 0.5) is 19.0 Å². The molecule has 1 aliphatic heterocycles. The van der Waals surface area contributed by atoms with Crippen molar-refractivity contribution in [3.63, 3.8) is 0 Å². The Morgan fingerprint density at radius 3 is 2.71 bits per heavy atom. The van der Waals surface area contributed by atoms with Crippen molar-refractivity contribution < 1.29 is 13.2 Å². The summed E-state index contributed by atoms with van der Waals surface area (Å²) in [5, 5.41) is 7.06. The summed E-state index contributed by atoms with van der Waals surface area (Å²) in [6, 6.07) is 4.42. The Kier molecular flexibility index (Phi) is 5.01. The molecule has 5 heterocycles. The highest BCUT2D eigenvalue weighted by atomic mass is 19.4. The molecule has 8 nitrogen and oxygen atoms in total. The predicted octanol–water partition coefficient (Wildman–Crippen LogP) is 3.81. The fourth-order valence-electron chi connectivity index (χ4n) is 4.60. The molecule has 4 aromatic heterocycles. The summed E-state index contributed by atoms with van der Waals surface area (Å²) in [6.45, 7) is 3.54. The third kappa shape index (κ3) is 4.00. The molecule has 1 aliphatic carbocycles. The van der Waals surface area contributed by atoms with Gasteiger partial charge in [-0.1, -0.05) is 0 Å². The lowest BCUT2D eigenvalue weighted by Gasteiger charge is -2.41. The number of H-pyrrole nitrogens is 1. The first-order valence-corrected chi connectivity index (χ1v) is 11.3. The maximum atomic E-state index is 13.2. The fourth-order valence-corrected chi connectivity index (χ4v) is 4.60. The molecule has 0 spiro atoms. The van der Waals surface area contributed by atoms with E-state index in [1.54, 1.807) is 6.20 Å². The van der Waals surface area contributed by atoms with Crippen LogP contribution in [0, 0.1) is 5.92 Å². The first kappa shape index (κ1) is 21.1.